The molecule has 0 saturated carbocycles. The van der Waals surface area contributed by atoms with Gasteiger partial charge >= 0.3 is 12.0 Å². The lowest BCUT2D eigenvalue weighted by Crippen LogP contribution is -2.55. The highest BCUT2D eigenvalue weighted by molar-refractivity contribution is 5.83. The predicted molar refractivity (Wildman–Crippen MR) is 72.3 cm³/mol. The molecule has 0 spiro atoms. The van der Waals surface area contributed by atoms with Crippen LogP contribution in [0.2, 0.25) is 0 Å². The second-order valence-corrected chi connectivity index (χ2v) is 5.16. The Morgan fingerprint density at radius 3 is 3.00 bits per heavy atom. The molecule has 2 heterocycles. The number of hydrogen-bond donors (Lipinski definition) is 2. The van der Waals surface area contributed by atoms with Crippen molar-refractivity contribution in [3.05, 3.63) is 24.2 Å². The molecule has 2 amide bonds. The summed E-state index contributed by atoms with van der Waals surface area (Å²) in [7, 11) is 0. The van der Waals surface area contributed by atoms with Crippen LogP contribution in [0.15, 0.2) is 22.8 Å². The minimum absolute atomic E-state index is 0.0166. The van der Waals surface area contributed by atoms with E-state index < -0.39 is 12.0 Å². The monoisotopic (exact) mass is 280 g/mol. The van der Waals surface area contributed by atoms with E-state index in [1.807, 2.05) is 13.0 Å². The minimum atomic E-state index is -0.932. The quantitative estimate of drug-likeness (QED) is 0.879. The first kappa shape index (κ1) is 14.4. The van der Waals surface area contributed by atoms with Crippen molar-refractivity contribution in [1.82, 2.24) is 10.2 Å². The van der Waals surface area contributed by atoms with Crippen molar-refractivity contribution in [1.29, 1.82) is 0 Å². The molecular formula is C14H20N2O4. The third-order valence-corrected chi connectivity index (χ3v) is 3.67. The number of nitrogens with zero attached hydrogens (tertiary/aromatic N) is 1. The van der Waals surface area contributed by atoms with Crippen LogP contribution in [0.1, 0.15) is 25.5 Å². The van der Waals surface area contributed by atoms with E-state index >= 15 is 0 Å². The Bertz CT molecular complexity index is 458. The summed E-state index contributed by atoms with van der Waals surface area (Å²) in [6, 6.07) is 2.60. The van der Waals surface area contributed by atoms with Crippen LogP contribution in [0, 0.1) is 5.92 Å². The zero-order chi connectivity index (χ0) is 14.5. The Morgan fingerprint density at radius 1 is 1.55 bits per heavy atom. The number of hydrogen-bond acceptors (Lipinski definition) is 3. The molecule has 0 aromatic carbocycles. The number of furan rings is 1. The summed E-state index contributed by atoms with van der Waals surface area (Å²) in [5.74, 6) is -0.150. The van der Waals surface area contributed by atoms with Crippen molar-refractivity contribution in [2.45, 2.75) is 32.2 Å². The van der Waals surface area contributed by atoms with Gasteiger partial charge in [0.15, 0.2) is 0 Å². The van der Waals surface area contributed by atoms with Crippen LogP contribution in [0.5, 0.6) is 0 Å². The Kier molecular flexibility index (Phi) is 4.65. The molecule has 110 valence electrons. The highest BCUT2D eigenvalue weighted by atomic mass is 16.4. The van der Waals surface area contributed by atoms with Crippen LogP contribution in [-0.4, -0.2) is 41.1 Å². The van der Waals surface area contributed by atoms with Gasteiger partial charge in [-0.3, -0.25) is 0 Å². The van der Waals surface area contributed by atoms with Crippen LogP contribution in [0.3, 0.4) is 0 Å². The second kappa shape index (κ2) is 6.45. The van der Waals surface area contributed by atoms with Crippen molar-refractivity contribution in [2.75, 3.05) is 13.1 Å². The zero-order valence-corrected chi connectivity index (χ0v) is 11.5. The molecule has 2 atom stereocenters. The average molecular weight is 280 g/mol. The number of carboxylic acids is 1. The largest absolute Gasteiger partial charge is 0.480 e. The number of nitrogens with one attached hydrogen (secondary N) is 1. The summed E-state index contributed by atoms with van der Waals surface area (Å²) in [6.45, 7) is 2.80. The van der Waals surface area contributed by atoms with Gasteiger partial charge in [0, 0.05) is 19.5 Å². The van der Waals surface area contributed by atoms with Gasteiger partial charge in [-0.15, -0.1) is 0 Å². The van der Waals surface area contributed by atoms with Crippen molar-refractivity contribution in [3.8, 4) is 0 Å². The van der Waals surface area contributed by atoms with Crippen LogP contribution in [0.4, 0.5) is 4.79 Å². The molecule has 2 N–H and O–H groups in total. The molecule has 0 aliphatic carbocycles. The fourth-order valence-electron chi connectivity index (χ4n) is 2.64. The first-order valence-corrected chi connectivity index (χ1v) is 6.89. The normalized spacial score (nSPS) is 22.6. The van der Waals surface area contributed by atoms with E-state index in [4.69, 9.17) is 4.42 Å². The second-order valence-electron chi connectivity index (χ2n) is 5.16. The maximum atomic E-state index is 12.1. The number of carboxylic acid groups (broad SMARTS) is 1. The first-order chi connectivity index (χ1) is 9.59. The number of amides is 2. The molecule has 1 saturated heterocycles. The molecule has 1 aromatic rings. The summed E-state index contributed by atoms with van der Waals surface area (Å²) in [6.07, 6.45) is 3.87. The van der Waals surface area contributed by atoms with Gasteiger partial charge in [-0.1, -0.05) is 6.92 Å². The van der Waals surface area contributed by atoms with Crippen molar-refractivity contribution < 1.29 is 19.1 Å². The minimum Gasteiger partial charge on any atom is -0.480 e. The van der Waals surface area contributed by atoms with Gasteiger partial charge in [0.2, 0.25) is 0 Å². The van der Waals surface area contributed by atoms with Gasteiger partial charge in [0.1, 0.15) is 11.8 Å². The Hall–Kier alpha value is -1.98. The third-order valence-electron chi connectivity index (χ3n) is 3.67. The van der Waals surface area contributed by atoms with E-state index in [0.717, 1.165) is 18.6 Å². The predicted octanol–water partition coefficient (Wildman–Crippen LogP) is 1.72. The van der Waals surface area contributed by atoms with Crippen molar-refractivity contribution in [3.63, 3.8) is 0 Å². The number of urea groups is 1. The number of piperidine rings is 1. The average Bonchev–Trinajstić information content (AvgIpc) is 2.91. The number of carbonyl (C=O) groups excluding carboxylic acids is 1. The van der Waals surface area contributed by atoms with Gasteiger partial charge in [-0.2, -0.15) is 0 Å². The van der Waals surface area contributed by atoms with Gasteiger partial charge < -0.3 is 19.7 Å². The molecule has 0 bridgehead atoms. The molecule has 2 unspecified atom stereocenters. The van der Waals surface area contributed by atoms with E-state index in [0.29, 0.717) is 19.5 Å². The van der Waals surface area contributed by atoms with Crippen LogP contribution in [-0.2, 0) is 11.2 Å². The van der Waals surface area contributed by atoms with E-state index in [-0.39, 0.29) is 11.9 Å². The van der Waals surface area contributed by atoms with Crippen molar-refractivity contribution in [2.24, 2.45) is 5.92 Å². The standard InChI is InChI=1S/C14H20N2O4/c1-10-4-2-8-16(12(10)13(17)18)14(19)15-7-6-11-5-3-9-20-11/h3,5,9-10,12H,2,4,6-8H2,1H3,(H,15,19)(H,17,18). The van der Waals surface area contributed by atoms with Gasteiger partial charge in [0.05, 0.1) is 6.26 Å². The van der Waals surface area contributed by atoms with Gasteiger partial charge in [-0.05, 0) is 30.9 Å². The summed E-state index contributed by atoms with van der Waals surface area (Å²) < 4.78 is 5.18. The van der Waals surface area contributed by atoms with E-state index in [2.05, 4.69) is 5.32 Å². The zero-order valence-electron chi connectivity index (χ0n) is 11.5. The number of likely N-dealkylation sites (tertiary alicyclic amines) is 1. The Balaban J connectivity index is 1.88. The van der Waals surface area contributed by atoms with Crippen molar-refractivity contribution >= 4 is 12.0 Å². The fourth-order valence-corrected chi connectivity index (χ4v) is 2.64. The number of rotatable bonds is 4. The highest BCUT2D eigenvalue weighted by Crippen LogP contribution is 2.23. The summed E-state index contributed by atoms with van der Waals surface area (Å²) in [5, 5.41) is 12.0. The smallest absolute Gasteiger partial charge is 0.326 e. The number of aliphatic carboxylic acids is 1. The van der Waals surface area contributed by atoms with Crippen LogP contribution < -0.4 is 5.32 Å². The molecule has 1 fully saturated rings. The van der Waals surface area contributed by atoms with Crippen LogP contribution in [0.25, 0.3) is 0 Å². The first-order valence-electron chi connectivity index (χ1n) is 6.89. The van der Waals surface area contributed by atoms with Gasteiger partial charge in [-0.25, -0.2) is 9.59 Å². The van der Waals surface area contributed by atoms with E-state index in [1.54, 1.807) is 12.3 Å². The van der Waals surface area contributed by atoms with E-state index in [1.165, 1.54) is 4.90 Å². The lowest BCUT2D eigenvalue weighted by atomic mass is 9.91. The molecule has 1 aliphatic heterocycles. The maximum Gasteiger partial charge on any atom is 0.326 e. The molecule has 0 radical (unpaired) electrons. The maximum absolute atomic E-state index is 12.1. The Labute approximate surface area is 117 Å². The fraction of sp³-hybridized carbons (Fsp3) is 0.571. The number of carbonyl (C=O) groups is 2. The summed E-state index contributed by atoms with van der Waals surface area (Å²) in [4.78, 5) is 24.8. The summed E-state index contributed by atoms with van der Waals surface area (Å²) >= 11 is 0. The molecule has 6 heteroatoms. The molecule has 1 aromatic heterocycles. The lowest BCUT2D eigenvalue weighted by molar-refractivity contribution is -0.145. The molecule has 20 heavy (non-hydrogen) atoms. The molecule has 2 rings (SSSR count). The molecular weight excluding hydrogens is 260 g/mol. The SMILES string of the molecule is CC1CCCN(C(=O)NCCc2ccco2)C1C(=O)O. The summed E-state index contributed by atoms with van der Waals surface area (Å²) in [5.41, 5.74) is 0. The topological polar surface area (TPSA) is 82.8 Å². The highest BCUT2D eigenvalue weighted by Gasteiger charge is 2.36. The van der Waals surface area contributed by atoms with E-state index in [9.17, 15) is 14.7 Å². The lowest BCUT2D eigenvalue weighted by Gasteiger charge is -2.37. The molecule has 6 nitrogen and oxygen atoms in total. The van der Waals surface area contributed by atoms with Crippen LogP contribution >= 0.6 is 0 Å². The third kappa shape index (κ3) is 3.31. The van der Waals surface area contributed by atoms with Gasteiger partial charge in [0.25, 0.3) is 0 Å². The molecule has 1 aliphatic rings. The Morgan fingerprint density at radius 2 is 2.35 bits per heavy atom.